The van der Waals surface area contributed by atoms with E-state index in [-0.39, 0.29) is 12.5 Å². The molecule has 1 atom stereocenters. The van der Waals surface area contributed by atoms with Crippen molar-refractivity contribution in [2.75, 3.05) is 17.1 Å². The molecule has 0 unspecified atom stereocenters. The van der Waals surface area contributed by atoms with E-state index < -0.39 is 34.1 Å². The summed E-state index contributed by atoms with van der Waals surface area (Å²) in [5, 5.41) is 2.92. The maximum absolute atomic E-state index is 13.6. The number of anilines is 1. The SMILES string of the molecule is Cc1ccccc1CN(C(=O)CN(c1cccc(C)c1C)S(C)(=O)=O)[C@H](C)C(=O)NC(C)(C)C. The number of amides is 2. The first-order valence-electron chi connectivity index (χ1n) is 11.3. The molecule has 0 aliphatic carbocycles. The Balaban J connectivity index is 2.47. The molecule has 0 aliphatic rings. The first kappa shape index (κ1) is 27.4. The summed E-state index contributed by atoms with van der Waals surface area (Å²) in [5.74, 6) is -0.752. The van der Waals surface area contributed by atoms with Gasteiger partial charge in [-0.2, -0.15) is 0 Å². The number of benzene rings is 2. The molecule has 0 saturated heterocycles. The van der Waals surface area contributed by atoms with Crippen molar-refractivity contribution in [1.29, 1.82) is 0 Å². The van der Waals surface area contributed by atoms with Crippen molar-refractivity contribution in [1.82, 2.24) is 10.2 Å². The van der Waals surface area contributed by atoms with E-state index in [1.165, 1.54) is 4.90 Å². The van der Waals surface area contributed by atoms with Gasteiger partial charge in [0.15, 0.2) is 0 Å². The molecule has 0 bridgehead atoms. The zero-order valence-corrected chi connectivity index (χ0v) is 22.3. The van der Waals surface area contributed by atoms with E-state index in [9.17, 15) is 18.0 Å². The fraction of sp³-hybridized carbons (Fsp3) is 0.462. The standard InChI is InChI=1S/C26H37N3O4S/c1-18-13-11-15-23(20(18)3)29(34(8,32)33)17-24(30)28(16-22-14-10-9-12-19(22)2)21(4)25(31)27-26(5,6)7/h9-15,21H,16-17H2,1-8H3,(H,27,31)/t21-/m1/s1. The summed E-state index contributed by atoms with van der Waals surface area (Å²) in [6.45, 7) is 12.7. The maximum Gasteiger partial charge on any atom is 0.244 e. The third kappa shape index (κ3) is 7.06. The number of hydrogen-bond acceptors (Lipinski definition) is 4. The Hall–Kier alpha value is -2.87. The van der Waals surface area contributed by atoms with E-state index in [1.807, 2.05) is 71.9 Å². The minimum absolute atomic E-state index is 0.189. The molecule has 1 N–H and O–H groups in total. The van der Waals surface area contributed by atoms with Gasteiger partial charge in [-0.1, -0.05) is 36.4 Å². The van der Waals surface area contributed by atoms with Crippen molar-refractivity contribution in [2.45, 2.75) is 66.6 Å². The van der Waals surface area contributed by atoms with Crippen LogP contribution in [0.3, 0.4) is 0 Å². The lowest BCUT2D eigenvalue weighted by atomic mass is 10.1. The predicted octanol–water partition coefficient (Wildman–Crippen LogP) is 3.71. The van der Waals surface area contributed by atoms with Crippen LogP contribution in [0.5, 0.6) is 0 Å². The summed E-state index contributed by atoms with van der Waals surface area (Å²) >= 11 is 0. The second-order valence-electron chi connectivity index (χ2n) is 9.85. The fourth-order valence-corrected chi connectivity index (χ4v) is 4.53. The molecule has 0 aromatic heterocycles. The molecule has 2 aromatic carbocycles. The van der Waals surface area contributed by atoms with E-state index >= 15 is 0 Å². The molecule has 0 fully saturated rings. The van der Waals surface area contributed by atoms with E-state index in [4.69, 9.17) is 0 Å². The van der Waals surface area contributed by atoms with Crippen LogP contribution in [0.1, 0.15) is 49.9 Å². The van der Waals surface area contributed by atoms with Gasteiger partial charge >= 0.3 is 0 Å². The van der Waals surface area contributed by atoms with E-state index in [1.54, 1.807) is 19.1 Å². The second kappa shape index (κ2) is 10.6. The number of nitrogens with zero attached hydrogens (tertiary/aromatic N) is 2. The van der Waals surface area contributed by atoms with Gasteiger partial charge in [0.2, 0.25) is 21.8 Å². The lowest BCUT2D eigenvalue weighted by Gasteiger charge is -2.33. The smallest absolute Gasteiger partial charge is 0.244 e. The molecule has 0 aliphatic heterocycles. The largest absolute Gasteiger partial charge is 0.350 e. The number of sulfonamides is 1. The van der Waals surface area contributed by atoms with Gasteiger partial charge in [0, 0.05) is 12.1 Å². The number of hydrogen-bond donors (Lipinski definition) is 1. The Bertz CT molecular complexity index is 1150. The number of nitrogens with one attached hydrogen (secondary N) is 1. The van der Waals surface area contributed by atoms with Crippen LogP contribution in [0, 0.1) is 20.8 Å². The van der Waals surface area contributed by atoms with E-state index in [2.05, 4.69) is 5.32 Å². The van der Waals surface area contributed by atoms with Gasteiger partial charge in [-0.05, 0) is 76.8 Å². The highest BCUT2D eigenvalue weighted by molar-refractivity contribution is 7.92. The quantitative estimate of drug-likeness (QED) is 0.615. The average Bonchev–Trinajstić information content (AvgIpc) is 2.71. The first-order chi connectivity index (χ1) is 15.6. The van der Waals surface area contributed by atoms with Crippen LogP contribution in [0.15, 0.2) is 42.5 Å². The number of carbonyl (C=O) groups is 2. The van der Waals surface area contributed by atoms with Gasteiger partial charge < -0.3 is 10.2 Å². The Labute approximate surface area is 204 Å². The Morgan fingerprint density at radius 3 is 2.12 bits per heavy atom. The van der Waals surface area contributed by atoms with Gasteiger partial charge in [0.1, 0.15) is 12.6 Å². The van der Waals surface area contributed by atoms with E-state index in [0.29, 0.717) is 5.69 Å². The molecule has 2 amide bonds. The van der Waals surface area contributed by atoms with Crippen molar-refractivity contribution in [3.05, 3.63) is 64.7 Å². The molecular weight excluding hydrogens is 450 g/mol. The topological polar surface area (TPSA) is 86.8 Å². The molecule has 0 saturated carbocycles. The molecule has 7 nitrogen and oxygen atoms in total. The van der Waals surface area contributed by atoms with Crippen LogP contribution >= 0.6 is 0 Å². The van der Waals surface area contributed by atoms with Crippen molar-refractivity contribution in [2.24, 2.45) is 0 Å². The van der Waals surface area contributed by atoms with Crippen LogP contribution in [0.2, 0.25) is 0 Å². The highest BCUT2D eigenvalue weighted by Gasteiger charge is 2.32. The average molecular weight is 488 g/mol. The van der Waals surface area contributed by atoms with Crippen molar-refractivity contribution in [3.63, 3.8) is 0 Å². The highest BCUT2D eigenvalue weighted by atomic mass is 32.2. The third-order valence-corrected chi connectivity index (χ3v) is 6.92. The molecular formula is C26H37N3O4S. The molecule has 2 aromatic rings. The summed E-state index contributed by atoms with van der Waals surface area (Å²) in [5.41, 5.74) is 3.57. The highest BCUT2D eigenvalue weighted by Crippen LogP contribution is 2.25. The molecule has 186 valence electrons. The Morgan fingerprint density at radius 1 is 0.971 bits per heavy atom. The molecule has 8 heteroatoms. The summed E-state index contributed by atoms with van der Waals surface area (Å²) in [6, 6.07) is 12.2. The third-order valence-electron chi connectivity index (χ3n) is 5.79. The minimum Gasteiger partial charge on any atom is -0.350 e. The monoisotopic (exact) mass is 487 g/mol. The zero-order chi connectivity index (χ0) is 25.8. The summed E-state index contributed by atoms with van der Waals surface area (Å²) in [4.78, 5) is 28.1. The zero-order valence-electron chi connectivity index (χ0n) is 21.5. The van der Waals surface area contributed by atoms with Crippen LogP contribution in [-0.2, 0) is 26.2 Å². The molecule has 0 heterocycles. The Morgan fingerprint density at radius 2 is 1.56 bits per heavy atom. The second-order valence-corrected chi connectivity index (χ2v) is 11.8. The lowest BCUT2D eigenvalue weighted by molar-refractivity contribution is -0.140. The van der Waals surface area contributed by atoms with Crippen molar-refractivity contribution in [3.8, 4) is 0 Å². The van der Waals surface area contributed by atoms with Crippen LogP contribution in [0.25, 0.3) is 0 Å². The molecule has 34 heavy (non-hydrogen) atoms. The Kier molecular flexibility index (Phi) is 8.53. The van der Waals surface area contributed by atoms with Gasteiger partial charge in [-0.25, -0.2) is 8.42 Å². The summed E-state index contributed by atoms with van der Waals surface area (Å²) in [6.07, 6.45) is 1.09. The van der Waals surface area contributed by atoms with E-state index in [0.717, 1.165) is 32.8 Å². The maximum atomic E-state index is 13.6. The van der Waals surface area contributed by atoms with Gasteiger partial charge in [0.25, 0.3) is 0 Å². The summed E-state index contributed by atoms with van der Waals surface area (Å²) in [7, 11) is -3.76. The van der Waals surface area contributed by atoms with Crippen molar-refractivity contribution < 1.29 is 18.0 Å². The summed E-state index contributed by atoms with van der Waals surface area (Å²) < 4.78 is 26.6. The van der Waals surface area contributed by atoms with Gasteiger partial charge in [0.05, 0.1) is 11.9 Å². The van der Waals surface area contributed by atoms with Crippen LogP contribution in [-0.4, -0.2) is 49.5 Å². The molecule has 0 spiro atoms. The number of carbonyl (C=O) groups excluding carboxylic acids is 2. The molecule has 0 radical (unpaired) electrons. The fourth-order valence-electron chi connectivity index (χ4n) is 3.63. The normalized spacial score (nSPS) is 12.7. The van der Waals surface area contributed by atoms with Gasteiger partial charge in [-0.3, -0.25) is 13.9 Å². The van der Waals surface area contributed by atoms with Crippen LogP contribution < -0.4 is 9.62 Å². The minimum atomic E-state index is -3.76. The van der Waals surface area contributed by atoms with Crippen molar-refractivity contribution >= 4 is 27.5 Å². The molecule has 2 rings (SSSR count). The number of aryl methyl sites for hydroxylation is 2. The lowest BCUT2D eigenvalue weighted by Crippen LogP contribution is -2.54. The first-order valence-corrected chi connectivity index (χ1v) is 13.2. The number of rotatable bonds is 8. The van der Waals surface area contributed by atoms with Gasteiger partial charge in [-0.15, -0.1) is 0 Å². The predicted molar refractivity (Wildman–Crippen MR) is 137 cm³/mol. The van der Waals surface area contributed by atoms with Crippen LogP contribution in [0.4, 0.5) is 5.69 Å².